The first-order valence-electron chi connectivity index (χ1n) is 7.06. The van der Waals surface area contributed by atoms with E-state index in [1.165, 1.54) is 11.8 Å². The molecule has 0 saturated carbocycles. The number of thiocarbonyl (C=S) groups is 1. The van der Waals surface area contributed by atoms with Gasteiger partial charge in [-0.2, -0.15) is 0 Å². The maximum atomic E-state index is 12.7. The molecule has 1 amide bonds. The van der Waals surface area contributed by atoms with E-state index in [1.807, 2.05) is 12.1 Å². The number of thioether (sulfide) groups is 1. The van der Waals surface area contributed by atoms with Crippen molar-refractivity contribution in [1.29, 1.82) is 0 Å². The molecule has 4 nitrogen and oxygen atoms in total. The predicted molar refractivity (Wildman–Crippen MR) is 103 cm³/mol. The van der Waals surface area contributed by atoms with Crippen molar-refractivity contribution in [1.82, 2.24) is 4.90 Å². The fourth-order valence-electron chi connectivity index (χ4n) is 2.52. The second kappa shape index (κ2) is 7.47. The molecule has 0 unspecified atom stereocenters. The number of furan rings is 1. The number of nitrogens with zero attached hydrogens (tertiary/aromatic N) is 1. The number of carbonyl (C=O) groups excluding carboxylic acids is 1. The zero-order valence-electron chi connectivity index (χ0n) is 12.6. The molecule has 0 radical (unpaired) electrons. The lowest BCUT2D eigenvalue weighted by Gasteiger charge is -2.15. The molecule has 2 heterocycles. The third-order valence-corrected chi connectivity index (χ3v) is 5.98. The minimum Gasteiger partial charge on any atom is -0.495 e. The molecule has 3 rings (SSSR count). The topological polar surface area (TPSA) is 42.7 Å². The van der Waals surface area contributed by atoms with Crippen LogP contribution in [0.5, 0.6) is 5.75 Å². The van der Waals surface area contributed by atoms with Crippen LogP contribution in [0.3, 0.4) is 0 Å². The molecule has 24 heavy (non-hydrogen) atoms. The zero-order valence-corrected chi connectivity index (χ0v) is 16.6. The van der Waals surface area contributed by atoms with Gasteiger partial charge in [-0.15, -0.1) is 0 Å². The summed E-state index contributed by atoms with van der Waals surface area (Å²) in [7, 11) is 1.59. The van der Waals surface area contributed by atoms with Crippen LogP contribution in [-0.4, -0.2) is 27.5 Å². The number of benzene rings is 1. The van der Waals surface area contributed by atoms with Gasteiger partial charge < -0.3 is 9.15 Å². The molecular formula is C16H13BrClNO3S2. The van der Waals surface area contributed by atoms with Gasteiger partial charge in [0.05, 0.1) is 29.6 Å². The molecule has 1 aromatic carbocycles. The Labute approximate surface area is 162 Å². The standard InChI is InChI=1S/C16H13BrClNO3S2/c1-21-14-9(5-10(18)7-12(14)17)6-13-15(20)19(16(23)24-13)8-11-3-2-4-22-11/h2-5,7,13H,6,8H2,1H3/t13-/m0/s1. The Morgan fingerprint density at radius 1 is 1.50 bits per heavy atom. The van der Waals surface area contributed by atoms with Crippen LogP contribution in [0.15, 0.2) is 39.4 Å². The molecule has 1 atom stereocenters. The monoisotopic (exact) mass is 445 g/mol. The molecule has 0 N–H and O–H groups in total. The average Bonchev–Trinajstić information content (AvgIpc) is 3.11. The van der Waals surface area contributed by atoms with E-state index in [-0.39, 0.29) is 11.2 Å². The first-order chi connectivity index (χ1) is 11.5. The highest BCUT2D eigenvalue weighted by Gasteiger charge is 2.37. The number of halogens is 2. The minimum absolute atomic E-state index is 0.0282. The Morgan fingerprint density at radius 2 is 2.29 bits per heavy atom. The predicted octanol–water partition coefficient (Wildman–Crippen LogP) is 4.68. The maximum Gasteiger partial charge on any atom is 0.242 e. The van der Waals surface area contributed by atoms with Crippen LogP contribution < -0.4 is 4.74 Å². The van der Waals surface area contributed by atoms with Crippen molar-refractivity contribution in [3.63, 3.8) is 0 Å². The smallest absolute Gasteiger partial charge is 0.242 e. The van der Waals surface area contributed by atoms with Crippen molar-refractivity contribution >= 4 is 61.7 Å². The van der Waals surface area contributed by atoms with Crippen LogP contribution in [0, 0.1) is 0 Å². The molecule has 1 aromatic heterocycles. The Morgan fingerprint density at radius 3 is 2.96 bits per heavy atom. The summed E-state index contributed by atoms with van der Waals surface area (Å²) in [6, 6.07) is 7.20. The zero-order chi connectivity index (χ0) is 17.3. The number of carbonyl (C=O) groups is 1. The third-order valence-electron chi connectivity index (χ3n) is 3.59. The lowest BCUT2D eigenvalue weighted by atomic mass is 10.1. The van der Waals surface area contributed by atoms with Crippen molar-refractivity contribution in [3.05, 3.63) is 51.3 Å². The fraction of sp³-hybridized carbons (Fsp3) is 0.250. The highest BCUT2D eigenvalue weighted by atomic mass is 79.9. The Kier molecular flexibility index (Phi) is 5.54. The number of hydrogen-bond donors (Lipinski definition) is 0. The molecule has 126 valence electrons. The van der Waals surface area contributed by atoms with E-state index in [9.17, 15) is 4.79 Å². The lowest BCUT2D eigenvalue weighted by molar-refractivity contribution is -0.126. The third kappa shape index (κ3) is 3.64. The maximum absolute atomic E-state index is 12.7. The molecule has 1 saturated heterocycles. The van der Waals surface area contributed by atoms with Crippen LogP contribution in [0.4, 0.5) is 0 Å². The van der Waals surface area contributed by atoms with E-state index < -0.39 is 0 Å². The van der Waals surface area contributed by atoms with Crippen LogP contribution >= 0.6 is 51.5 Å². The summed E-state index contributed by atoms with van der Waals surface area (Å²) in [4.78, 5) is 14.3. The van der Waals surface area contributed by atoms with Crippen LogP contribution in [0.1, 0.15) is 11.3 Å². The largest absolute Gasteiger partial charge is 0.495 e. The summed E-state index contributed by atoms with van der Waals surface area (Å²) >= 11 is 16.3. The van der Waals surface area contributed by atoms with E-state index in [0.29, 0.717) is 33.8 Å². The first kappa shape index (κ1) is 17.8. The van der Waals surface area contributed by atoms with Gasteiger partial charge in [0.15, 0.2) is 0 Å². The van der Waals surface area contributed by atoms with Crippen molar-refractivity contribution < 1.29 is 13.9 Å². The fourth-order valence-corrected chi connectivity index (χ4v) is 5.08. The summed E-state index contributed by atoms with van der Waals surface area (Å²) in [5.74, 6) is 1.36. The lowest BCUT2D eigenvalue weighted by Crippen LogP contribution is -2.31. The minimum atomic E-state index is -0.299. The average molecular weight is 447 g/mol. The second-order valence-corrected chi connectivity index (χ2v) is 8.29. The summed E-state index contributed by atoms with van der Waals surface area (Å²) in [6.07, 6.45) is 2.07. The molecule has 0 bridgehead atoms. The van der Waals surface area contributed by atoms with Crippen molar-refractivity contribution in [2.45, 2.75) is 18.2 Å². The molecular weight excluding hydrogens is 434 g/mol. The number of methoxy groups -OCH3 is 1. The van der Waals surface area contributed by atoms with Gasteiger partial charge in [0.1, 0.15) is 15.8 Å². The Bertz CT molecular complexity index is 782. The summed E-state index contributed by atoms with van der Waals surface area (Å²) < 4.78 is 12.1. The van der Waals surface area contributed by atoms with E-state index in [2.05, 4.69) is 15.9 Å². The van der Waals surface area contributed by atoms with Gasteiger partial charge in [-0.1, -0.05) is 35.6 Å². The van der Waals surface area contributed by atoms with Crippen molar-refractivity contribution in [2.75, 3.05) is 7.11 Å². The van der Waals surface area contributed by atoms with Gasteiger partial charge in [-0.25, -0.2) is 0 Å². The summed E-state index contributed by atoms with van der Waals surface area (Å²) in [6.45, 7) is 0.352. The SMILES string of the molecule is COc1c(Br)cc(Cl)cc1C[C@@H]1SC(=S)N(Cc2ccco2)C1=O. The van der Waals surface area contributed by atoms with Gasteiger partial charge in [-0.3, -0.25) is 9.69 Å². The number of hydrogen-bond acceptors (Lipinski definition) is 5. The van der Waals surface area contributed by atoms with E-state index in [1.54, 1.807) is 30.4 Å². The molecule has 0 spiro atoms. The van der Waals surface area contributed by atoms with Crippen molar-refractivity contribution in [2.24, 2.45) is 0 Å². The van der Waals surface area contributed by atoms with Crippen LogP contribution in [0.2, 0.25) is 5.02 Å². The van der Waals surface area contributed by atoms with Gasteiger partial charge in [0.25, 0.3) is 0 Å². The van der Waals surface area contributed by atoms with Crippen molar-refractivity contribution in [3.8, 4) is 5.75 Å². The Hall–Kier alpha value is -1.02. The highest BCUT2D eigenvalue weighted by molar-refractivity contribution is 9.10. The molecule has 1 aliphatic heterocycles. The summed E-state index contributed by atoms with van der Waals surface area (Å²) in [5, 5.41) is 0.287. The summed E-state index contributed by atoms with van der Waals surface area (Å²) in [5.41, 5.74) is 0.866. The van der Waals surface area contributed by atoms with E-state index in [4.69, 9.17) is 33.0 Å². The molecule has 8 heteroatoms. The van der Waals surface area contributed by atoms with Gasteiger partial charge >= 0.3 is 0 Å². The normalized spacial score (nSPS) is 17.6. The second-order valence-electron chi connectivity index (χ2n) is 5.16. The number of amides is 1. The van der Waals surface area contributed by atoms with E-state index >= 15 is 0 Å². The van der Waals surface area contributed by atoms with Gasteiger partial charge in [-0.05, 0) is 52.2 Å². The number of rotatable bonds is 5. The molecule has 1 fully saturated rings. The highest BCUT2D eigenvalue weighted by Crippen LogP contribution is 2.37. The van der Waals surface area contributed by atoms with Crippen LogP contribution in [0.25, 0.3) is 0 Å². The van der Waals surface area contributed by atoms with Crippen LogP contribution in [-0.2, 0) is 17.8 Å². The Balaban J connectivity index is 1.79. The number of ether oxygens (including phenoxy) is 1. The molecule has 2 aromatic rings. The molecule has 1 aliphatic rings. The van der Waals surface area contributed by atoms with Gasteiger partial charge in [0, 0.05) is 5.02 Å². The molecule has 0 aliphatic carbocycles. The first-order valence-corrected chi connectivity index (χ1v) is 9.51. The van der Waals surface area contributed by atoms with Gasteiger partial charge in [0.2, 0.25) is 5.91 Å². The van der Waals surface area contributed by atoms with E-state index in [0.717, 1.165) is 10.0 Å². The quantitative estimate of drug-likeness (QED) is 0.624.